The molecule has 1 aliphatic rings. The molecule has 8 aromatic carbocycles. The van der Waals surface area contributed by atoms with Crippen LogP contribution in [0.3, 0.4) is 0 Å². The van der Waals surface area contributed by atoms with Crippen molar-refractivity contribution in [2.45, 2.75) is 19.3 Å². The number of benzene rings is 8. The first-order valence-electron chi connectivity index (χ1n) is 18.5. The molecule has 0 spiro atoms. The normalized spacial score (nSPS) is 13.2. The van der Waals surface area contributed by atoms with E-state index < -0.39 is 0 Å². The number of rotatable bonds is 4. The van der Waals surface area contributed by atoms with Gasteiger partial charge in [0.05, 0.1) is 22.1 Å². The molecule has 53 heavy (non-hydrogen) atoms. The van der Waals surface area contributed by atoms with Crippen molar-refractivity contribution in [3.05, 3.63) is 193 Å². The lowest BCUT2D eigenvalue weighted by Crippen LogP contribution is -2.15. The van der Waals surface area contributed by atoms with Gasteiger partial charge in [-0.2, -0.15) is 0 Å². The first kappa shape index (κ1) is 30.0. The van der Waals surface area contributed by atoms with Gasteiger partial charge in [-0.25, -0.2) is 0 Å². The third-order valence-electron chi connectivity index (χ3n) is 11.7. The summed E-state index contributed by atoms with van der Waals surface area (Å²) in [7, 11) is 0. The Hall–Kier alpha value is -6.64. The molecule has 10 aromatic rings. The van der Waals surface area contributed by atoms with Crippen LogP contribution in [-0.4, -0.2) is 9.13 Å². The molecule has 0 aliphatic heterocycles. The van der Waals surface area contributed by atoms with Gasteiger partial charge in [-0.05, 0) is 99.1 Å². The summed E-state index contributed by atoms with van der Waals surface area (Å²) in [6, 6.07) is 66.9. The first-order valence-corrected chi connectivity index (χ1v) is 18.5. The second kappa shape index (κ2) is 11.2. The number of para-hydroxylation sites is 3. The van der Waals surface area contributed by atoms with E-state index in [1.54, 1.807) is 0 Å². The molecule has 0 amide bonds. The third-order valence-corrected chi connectivity index (χ3v) is 11.7. The monoisotopic (exact) mass is 676 g/mol. The number of fused-ring (bicyclic) bond motifs is 10. The fourth-order valence-electron chi connectivity index (χ4n) is 9.30. The lowest BCUT2D eigenvalue weighted by molar-refractivity contribution is 0.666. The van der Waals surface area contributed by atoms with Crippen LogP contribution in [0.1, 0.15) is 25.0 Å². The van der Waals surface area contributed by atoms with Crippen LogP contribution < -0.4 is 0 Å². The van der Waals surface area contributed by atoms with Crippen molar-refractivity contribution in [1.82, 2.24) is 9.13 Å². The molecule has 11 rings (SSSR count). The summed E-state index contributed by atoms with van der Waals surface area (Å²) in [5, 5.41) is 5.20. The Morgan fingerprint density at radius 3 is 1.72 bits per heavy atom. The fraction of sp³-hybridized carbons (Fsp3) is 0.0588. The summed E-state index contributed by atoms with van der Waals surface area (Å²) in [6.45, 7) is 4.77. The highest BCUT2D eigenvalue weighted by Crippen LogP contribution is 2.53. The fourth-order valence-corrected chi connectivity index (χ4v) is 9.30. The van der Waals surface area contributed by atoms with Gasteiger partial charge < -0.3 is 9.13 Å². The van der Waals surface area contributed by atoms with Crippen molar-refractivity contribution in [2.24, 2.45) is 0 Å². The van der Waals surface area contributed by atoms with Crippen LogP contribution in [0.5, 0.6) is 0 Å². The van der Waals surface area contributed by atoms with E-state index in [1.165, 1.54) is 99.5 Å². The quantitative estimate of drug-likeness (QED) is 0.176. The van der Waals surface area contributed by atoms with E-state index in [0.717, 1.165) is 0 Å². The molecular formula is C51H36N2. The minimum Gasteiger partial charge on any atom is -0.309 e. The number of aromatic nitrogens is 2. The average Bonchev–Trinajstić information content (AvgIpc) is 3.81. The molecule has 0 atom stereocenters. The van der Waals surface area contributed by atoms with Crippen molar-refractivity contribution >= 4 is 43.6 Å². The Morgan fingerprint density at radius 2 is 0.925 bits per heavy atom. The van der Waals surface area contributed by atoms with Crippen LogP contribution in [0.25, 0.3) is 88.4 Å². The maximum Gasteiger partial charge on any atom is 0.0544 e. The van der Waals surface area contributed by atoms with E-state index in [9.17, 15) is 0 Å². The summed E-state index contributed by atoms with van der Waals surface area (Å²) >= 11 is 0. The highest BCUT2D eigenvalue weighted by molar-refractivity contribution is 6.14. The highest BCUT2D eigenvalue weighted by atomic mass is 15.0. The van der Waals surface area contributed by atoms with Crippen LogP contribution >= 0.6 is 0 Å². The van der Waals surface area contributed by atoms with Crippen molar-refractivity contribution in [3.8, 4) is 44.8 Å². The molecule has 2 nitrogen and oxygen atoms in total. The summed E-state index contributed by atoms with van der Waals surface area (Å²) in [5.41, 5.74) is 17.6. The van der Waals surface area contributed by atoms with Crippen LogP contribution in [0, 0.1) is 0 Å². The highest BCUT2D eigenvalue weighted by Gasteiger charge is 2.38. The van der Waals surface area contributed by atoms with Gasteiger partial charge in [-0.3, -0.25) is 0 Å². The second-order valence-corrected chi connectivity index (χ2v) is 15.0. The molecule has 0 radical (unpaired) electrons. The van der Waals surface area contributed by atoms with Crippen molar-refractivity contribution in [2.75, 3.05) is 0 Å². The topological polar surface area (TPSA) is 9.86 Å². The van der Waals surface area contributed by atoms with Crippen LogP contribution in [0.15, 0.2) is 182 Å². The minimum absolute atomic E-state index is 0.0898. The van der Waals surface area contributed by atoms with Crippen LogP contribution in [-0.2, 0) is 5.41 Å². The predicted octanol–water partition coefficient (Wildman–Crippen LogP) is 13.5. The van der Waals surface area contributed by atoms with E-state index in [4.69, 9.17) is 0 Å². The zero-order valence-electron chi connectivity index (χ0n) is 29.7. The Bertz CT molecular complexity index is 3060. The molecule has 0 fully saturated rings. The predicted molar refractivity (Wildman–Crippen MR) is 224 cm³/mol. The largest absolute Gasteiger partial charge is 0.309 e. The summed E-state index contributed by atoms with van der Waals surface area (Å²) in [6.07, 6.45) is 0. The number of nitrogens with zero attached hydrogens (tertiary/aromatic N) is 2. The molecule has 0 bridgehead atoms. The minimum atomic E-state index is -0.0898. The van der Waals surface area contributed by atoms with Crippen LogP contribution in [0.2, 0.25) is 0 Å². The molecule has 0 saturated carbocycles. The zero-order valence-corrected chi connectivity index (χ0v) is 29.7. The van der Waals surface area contributed by atoms with Crippen molar-refractivity contribution in [3.63, 3.8) is 0 Å². The Balaban J connectivity index is 1.00. The van der Waals surface area contributed by atoms with E-state index >= 15 is 0 Å². The van der Waals surface area contributed by atoms with E-state index in [1.807, 2.05) is 0 Å². The standard InChI is InChI=1S/C51H36N2/c1-51(2)44-20-9-6-17-39(44)41-28-30-48-49(50(41)51)42-19-8-11-22-46(42)53(48)38-16-12-13-35(31-38)33-23-25-34(26-24-33)36-27-29-47-43(32-36)40-18-7-10-21-45(40)52(47)37-14-4-3-5-15-37/h3-32H,1-2H3. The van der Waals surface area contributed by atoms with Gasteiger partial charge in [-0.15, -0.1) is 0 Å². The Kier molecular flexibility index (Phi) is 6.33. The van der Waals surface area contributed by atoms with Gasteiger partial charge >= 0.3 is 0 Å². The molecule has 0 N–H and O–H groups in total. The van der Waals surface area contributed by atoms with Gasteiger partial charge in [0.2, 0.25) is 0 Å². The van der Waals surface area contributed by atoms with Gasteiger partial charge in [0.1, 0.15) is 0 Å². The maximum atomic E-state index is 2.46. The van der Waals surface area contributed by atoms with Crippen molar-refractivity contribution in [1.29, 1.82) is 0 Å². The van der Waals surface area contributed by atoms with Crippen LogP contribution in [0.4, 0.5) is 0 Å². The average molecular weight is 677 g/mol. The molecule has 2 aromatic heterocycles. The summed E-state index contributed by atoms with van der Waals surface area (Å²) < 4.78 is 4.83. The van der Waals surface area contributed by atoms with E-state index in [-0.39, 0.29) is 5.41 Å². The lowest BCUT2D eigenvalue weighted by atomic mass is 9.80. The molecule has 1 aliphatic carbocycles. The SMILES string of the molecule is CC1(C)c2ccccc2-c2ccc3c(c21)c1ccccc1n3-c1cccc(-c2ccc(-c3ccc4c(c3)c3ccccc3n4-c3ccccc3)cc2)c1. The molecule has 2 heterocycles. The molecule has 0 unspecified atom stereocenters. The maximum absolute atomic E-state index is 2.46. The summed E-state index contributed by atoms with van der Waals surface area (Å²) in [5.74, 6) is 0. The van der Waals surface area contributed by atoms with Gasteiger partial charge in [0.15, 0.2) is 0 Å². The van der Waals surface area contributed by atoms with E-state index in [2.05, 4.69) is 205 Å². The molecule has 2 heteroatoms. The van der Waals surface area contributed by atoms with Crippen molar-refractivity contribution < 1.29 is 0 Å². The zero-order chi connectivity index (χ0) is 35.3. The number of hydrogen-bond donors (Lipinski definition) is 0. The lowest BCUT2D eigenvalue weighted by Gasteiger charge is -2.22. The second-order valence-electron chi connectivity index (χ2n) is 15.0. The van der Waals surface area contributed by atoms with Gasteiger partial charge in [0.25, 0.3) is 0 Å². The number of hydrogen-bond acceptors (Lipinski definition) is 0. The van der Waals surface area contributed by atoms with E-state index in [0.29, 0.717) is 0 Å². The molecule has 250 valence electrons. The van der Waals surface area contributed by atoms with Gasteiger partial charge in [-0.1, -0.05) is 141 Å². The first-order chi connectivity index (χ1) is 26.1. The molecular weight excluding hydrogens is 641 g/mol. The summed E-state index contributed by atoms with van der Waals surface area (Å²) in [4.78, 5) is 0. The van der Waals surface area contributed by atoms with Gasteiger partial charge in [0, 0.05) is 38.3 Å². The Labute approximate surface area is 308 Å². The molecule has 0 saturated heterocycles. The Morgan fingerprint density at radius 1 is 0.358 bits per heavy atom. The smallest absolute Gasteiger partial charge is 0.0544 e. The third kappa shape index (κ3) is 4.33.